The molecule has 1 saturated heterocycles. The Bertz CT molecular complexity index is 833. The molecule has 1 fully saturated rings. The largest absolute Gasteiger partial charge is 0.481 e. The number of nitrogens with zero attached hydrogens (tertiary/aromatic N) is 1. The van der Waals surface area contributed by atoms with Crippen LogP contribution in [0.1, 0.15) is 36.8 Å². The number of fused-ring (bicyclic) bond motifs is 3. The van der Waals surface area contributed by atoms with Crippen molar-refractivity contribution < 1.29 is 19.4 Å². The molecule has 1 N–H and O–H groups in total. The van der Waals surface area contributed by atoms with E-state index >= 15 is 0 Å². The van der Waals surface area contributed by atoms with Crippen LogP contribution in [0.3, 0.4) is 0 Å². The van der Waals surface area contributed by atoms with E-state index in [2.05, 4.69) is 24.3 Å². The number of carboxylic acids is 1. The van der Waals surface area contributed by atoms with Crippen LogP contribution in [0, 0.1) is 5.92 Å². The minimum Gasteiger partial charge on any atom is -0.481 e. The fourth-order valence-electron chi connectivity index (χ4n) is 4.41. The quantitative estimate of drug-likeness (QED) is 0.888. The van der Waals surface area contributed by atoms with Crippen molar-refractivity contribution in [2.45, 2.75) is 31.7 Å². The van der Waals surface area contributed by atoms with E-state index in [0.717, 1.165) is 0 Å². The zero-order valence-electron chi connectivity index (χ0n) is 15.3. The first-order valence-corrected chi connectivity index (χ1v) is 9.42. The van der Waals surface area contributed by atoms with Crippen molar-refractivity contribution in [3.05, 3.63) is 59.7 Å². The second-order valence-corrected chi connectivity index (χ2v) is 7.32. The van der Waals surface area contributed by atoms with Crippen LogP contribution in [0.15, 0.2) is 48.5 Å². The van der Waals surface area contributed by atoms with Crippen LogP contribution in [0.2, 0.25) is 0 Å². The van der Waals surface area contributed by atoms with Gasteiger partial charge in [0.15, 0.2) is 0 Å². The van der Waals surface area contributed by atoms with Crippen molar-refractivity contribution in [3.8, 4) is 11.1 Å². The smallest absolute Gasteiger partial charge is 0.410 e. The number of hydrogen-bond donors (Lipinski definition) is 1. The van der Waals surface area contributed by atoms with E-state index in [9.17, 15) is 14.7 Å². The lowest BCUT2D eigenvalue weighted by Gasteiger charge is -2.36. The van der Waals surface area contributed by atoms with Crippen LogP contribution in [0.4, 0.5) is 4.79 Å². The third kappa shape index (κ3) is 3.07. The highest BCUT2D eigenvalue weighted by molar-refractivity contribution is 5.79. The molecule has 0 bridgehead atoms. The molecule has 140 valence electrons. The lowest BCUT2D eigenvalue weighted by atomic mass is 9.91. The molecular formula is C22H23NO4. The maximum atomic E-state index is 12.7. The van der Waals surface area contributed by atoms with Crippen LogP contribution in [-0.4, -0.2) is 41.3 Å². The van der Waals surface area contributed by atoms with Gasteiger partial charge in [-0.25, -0.2) is 4.79 Å². The first kappa shape index (κ1) is 17.6. The number of amides is 1. The average molecular weight is 365 g/mol. The van der Waals surface area contributed by atoms with Gasteiger partial charge in [0.25, 0.3) is 0 Å². The predicted octanol–water partition coefficient (Wildman–Crippen LogP) is 4.12. The summed E-state index contributed by atoms with van der Waals surface area (Å²) in [6.45, 7) is 2.59. The van der Waals surface area contributed by atoms with Gasteiger partial charge in [-0.3, -0.25) is 4.79 Å². The normalized spacial score (nSPS) is 21.4. The molecule has 1 heterocycles. The summed E-state index contributed by atoms with van der Waals surface area (Å²) in [6, 6.07) is 16.0. The number of carbonyl (C=O) groups excluding carboxylic acids is 1. The summed E-state index contributed by atoms with van der Waals surface area (Å²) < 4.78 is 5.67. The highest BCUT2D eigenvalue weighted by atomic mass is 16.6. The van der Waals surface area contributed by atoms with Gasteiger partial charge >= 0.3 is 12.1 Å². The monoisotopic (exact) mass is 365 g/mol. The standard InChI is InChI=1S/C22H23NO4/c1-14-15(21(24)25)11-6-12-23(14)22(26)27-13-20-18-9-4-2-7-16(18)17-8-3-5-10-19(17)20/h2-5,7-10,14-15,20H,6,11-13H2,1H3,(H,24,25)/t14-,15-/m1/s1. The number of piperidine rings is 1. The number of likely N-dealkylation sites (tertiary alicyclic amines) is 1. The molecule has 0 radical (unpaired) electrons. The van der Waals surface area contributed by atoms with Crippen LogP contribution in [0.25, 0.3) is 11.1 Å². The lowest BCUT2D eigenvalue weighted by Crippen LogP contribution is -2.49. The molecule has 1 amide bonds. The first-order valence-electron chi connectivity index (χ1n) is 9.42. The third-order valence-corrected chi connectivity index (χ3v) is 5.88. The fraction of sp³-hybridized carbons (Fsp3) is 0.364. The van der Waals surface area contributed by atoms with E-state index in [1.807, 2.05) is 24.3 Å². The van der Waals surface area contributed by atoms with Gasteiger partial charge in [0.05, 0.1) is 5.92 Å². The van der Waals surface area contributed by atoms with Gasteiger partial charge in [-0.2, -0.15) is 0 Å². The summed E-state index contributed by atoms with van der Waals surface area (Å²) in [4.78, 5) is 25.6. The number of hydrogen-bond acceptors (Lipinski definition) is 3. The van der Waals surface area contributed by atoms with Gasteiger partial charge in [0.2, 0.25) is 0 Å². The Morgan fingerprint density at radius 3 is 2.26 bits per heavy atom. The van der Waals surface area contributed by atoms with Crippen LogP contribution in [0.5, 0.6) is 0 Å². The van der Waals surface area contributed by atoms with Crippen molar-refractivity contribution in [1.82, 2.24) is 4.90 Å². The molecule has 0 unspecified atom stereocenters. The summed E-state index contributed by atoms with van der Waals surface area (Å²) >= 11 is 0. The SMILES string of the molecule is C[C@@H]1[C@H](C(=O)O)CCCN1C(=O)OCC1c2ccccc2-c2ccccc21. The minimum atomic E-state index is -0.848. The molecule has 0 aromatic heterocycles. The molecule has 2 aromatic carbocycles. The van der Waals surface area contributed by atoms with E-state index in [0.29, 0.717) is 19.4 Å². The van der Waals surface area contributed by atoms with E-state index in [1.54, 1.807) is 11.8 Å². The average Bonchev–Trinajstić information content (AvgIpc) is 3.00. The minimum absolute atomic E-state index is 0.0108. The van der Waals surface area contributed by atoms with Crippen molar-refractivity contribution in [1.29, 1.82) is 0 Å². The van der Waals surface area contributed by atoms with Gasteiger partial charge in [-0.1, -0.05) is 48.5 Å². The molecule has 27 heavy (non-hydrogen) atoms. The van der Waals surface area contributed by atoms with Crippen molar-refractivity contribution in [2.24, 2.45) is 5.92 Å². The van der Waals surface area contributed by atoms with Crippen LogP contribution in [-0.2, 0) is 9.53 Å². The highest BCUT2D eigenvalue weighted by Crippen LogP contribution is 2.44. The third-order valence-electron chi connectivity index (χ3n) is 5.88. The molecule has 1 aliphatic heterocycles. The number of rotatable bonds is 3. The van der Waals surface area contributed by atoms with Crippen molar-refractivity contribution in [3.63, 3.8) is 0 Å². The Morgan fingerprint density at radius 2 is 1.67 bits per heavy atom. The summed E-state index contributed by atoms with van der Waals surface area (Å²) in [5, 5.41) is 9.35. The van der Waals surface area contributed by atoms with Crippen LogP contribution < -0.4 is 0 Å². The predicted molar refractivity (Wildman–Crippen MR) is 102 cm³/mol. The summed E-state index contributed by atoms with van der Waals surface area (Å²) in [6.07, 6.45) is 0.866. The van der Waals surface area contributed by atoms with Crippen molar-refractivity contribution >= 4 is 12.1 Å². The molecule has 5 nitrogen and oxygen atoms in total. The molecule has 2 aliphatic rings. The fourth-order valence-corrected chi connectivity index (χ4v) is 4.41. The number of carboxylic acid groups (broad SMARTS) is 1. The van der Waals surface area contributed by atoms with Gasteiger partial charge < -0.3 is 14.7 Å². The molecule has 4 rings (SSSR count). The number of ether oxygens (including phenoxy) is 1. The molecule has 5 heteroatoms. The molecular weight excluding hydrogens is 342 g/mol. The highest BCUT2D eigenvalue weighted by Gasteiger charge is 2.37. The van der Waals surface area contributed by atoms with Gasteiger partial charge in [-0.05, 0) is 42.0 Å². The summed E-state index contributed by atoms with van der Waals surface area (Å²) in [5.74, 6) is -1.37. The Balaban J connectivity index is 1.50. The number of carbonyl (C=O) groups is 2. The molecule has 2 aromatic rings. The molecule has 2 atom stereocenters. The number of aliphatic carboxylic acids is 1. The molecule has 1 aliphatic carbocycles. The first-order chi connectivity index (χ1) is 13.1. The lowest BCUT2D eigenvalue weighted by molar-refractivity contribution is -0.145. The maximum absolute atomic E-state index is 12.7. The second-order valence-electron chi connectivity index (χ2n) is 7.32. The zero-order chi connectivity index (χ0) is 19.0. The van der Waals surface area contributed by atoms with Gasteiger partial charge in [0.1, 0.15) is 6.61 Å². The van der Waals surface area contributed by atoms with E-state index in [1.165, 1.54) is 22.3 Å². The topological polar surface area (TPSA) is 66.8 Å². The number of benzene rings is 2. The Morgan fingerprint density at radius 1 is 1.07 bits per heavy atom. The summed E-state index contributed by atoms with van der Waals surface area (Å²) in [5.41, 5.74) is 4.71. The van der Waals surface area contributed by atoms with E-state index in [-0.39, 0.29) is 18.6 Å². The van der Waals surface area contributed by atoms with E-state index < -0.39 is 18.0 Å². The van der Waals surface area contributed by atoms with Crippen LogP contribution >= 0.6 is 0 Å². The Kier molecular flexibility index (Phi) is 4.60. The van der Waals surface area contributed by atoms with Gasteiger partial charge in [-0.15, -0.1) is 0 Å². The van der Waals surface area contributed by atoms with Crippen molar-refractivity contribution in [2.75, 3.05) is 13.2 Å². The summed E-state index contributed by atoms with van der Waals surface area (Å²) in [7, 11) is 0. The van der Waals surface area contributed by atoms with E-state index in [4.69, 9.17) is 4.74 Å². The maximum Gasteiger partial charge on any atom is 0.410 e. The zero-order valence-corrected chi connectivity index (χ0v) is 15.3. The molecule has 0 spiro atoms. The van der Waals surface area contributed by atoms with Gasteiger partial charge in [0, 0.05) is 18.5 Å². The molecule has 0 saturated carbocycles. The Labute approximate surface area is 158 Å². The second kappa shape index (κ2) is 7.06. The Hall–Kier alpha value is -2.82.